The molecular formula is C10H7N. The normalized spacial score (nSPS) is 23.6. The largest absolute Gasteiger partial charge is 0.273 e. The predicted molar refractivity (Wildman–Crippen MR) is 45.8 cm³/mol. The summed E-state index contributed by atoms with van der Waals surface area (Å²) in [5.74, 6) is 0. The molecule has 1 nitrogen and oxygen atoms in total. The molecule has 52 valence electrons. The molecular weight excluding hydrogens is 134 g/mol. The average Bonchev–Trinajstić information content (AvgIpc) is 2.83. The molecule has 0 aromatic heterocycles. The molecule has 0 bridgehead atoms. The number of hydrogen-bond acceptors (Lipinski definition) is 1. The lowest BCUT2D eigenvalue weighted by molar-refractivity contribution is 1.29. The molecule has 0 saturated heterocycles. The summed E-state index contributed by atoms with van der Waals surface area (Å²) in [6.07, 6.45) is 4.30. The maximum Gasteiger partial charge on any atom is 0.111 e. The van der Waals surface area contributed by atoms with Crippen molar-refractivity contribution < 1.29 is 0 Å². The first-order valence-electron chi connectivity index (χ1n) is 3.80. The van der Waals surface area contributed by atoms with E-state index in [1.54, 1.807) is 0 Å². The third-order valence-electron chi connectivity index (χ3n) is 2.19. The van der Waals surface area contributed by atoms with Crippen LogP contribution in [0.3, 0.4) is 0 Å². The molecule has 0 spiro atoms. The first-order chi connectivity index (χ1) is 5.45. The van der Waals surface area contributed by atoms with Gasteiger partial charge in [-0.2, -0.15) is 0 Å². The lowest BCUT2D eigenvalue weighted by atomic mass is 9.98. The summed E-state index contributed by atoms with van der Waals surface area (Å²) >= 11 is 0. The van der Waals surface area contributed by atoms with Crippen molar-refractivity contribution in [2.45, 2.75) is 6.04 Å². The molecule has 0 saturated carbocycles. The number of hydrogen-bond donors (Lipinski definition) is 0. The second kappa shape index (κ2) is 1.62. The Labute approximate surface area is 65.1 Å². The van der Waals surface area contributed by atoms with Gasteiger partial charge in [-0.3, -0.25) is 4.99 Å². The van der Waals surface area contributed by atoms with Gasteiger partial charge in [0.25, 0.3) is 0 Å². The monoisotopic (exact) mass is 141 g/mol. The van der Waals surface area contributed by atoms with Gasteiger partial charge in [0.15, 0.2) is 0 Å². The highest BCUT2D eigenvalue weighted by Crippen LogP contribution is 2.29. The molecule has 11 heavy (non-hydrogen) atoms. The predicted octanol–water partition coefficient (Wildman–Crippen LogP) is 1.88. The van der Waals surface area contributed by atoms with Crippen molar-refractivity contribution in [2.75, 3.05) is 0 Å². The van der Waals surface area contributed by atoms with Crippen LogP contribution in [0.4, 0.5) is 0 Å². The van der Waals surface area contributed by atoms with Crippen LogP contribution in [0.5, 0.6) is 0 Å². The van der Waals surface area contributed by atoms with Crippen molar-refractivity contribution in [1.82, 2.24) is 0 Å². The van der Waals surface area contributed by atoms with Crippen LogP contribution in [0.2, 0.25) is 0 Å². The van der Waals surface area contributed by atoms with Crippen LogP contribution in [-0.2, 0) is 0 Å². The van der Waals surface area contributed by atoms with Crippen molar-refractivity contribution in [3.8, 4) is 0 Å². The van der Waals surface area contributed by atoms with Crippen molar-refractivity contribution in [3.05, 3.63) is 41.5 Å². The van der Waals surface area contributed by atoms with Crippen molar-refractivity contribution >= 4 is 11.8 Å². The first kappa shape index (κ1) is 5.30. The summed E-state index contributed by atoms with van der Waals surface area (Å²) in [7, 11) is 0. The Morgan fingerprint density at radius 2 is 2.09 bits per heavy atom. The zero-order chi connectivity index (χ0) is 7.26. The smallest absolute Gasteiger partial charge is 0.111 e. The summed E-state index contributed by atoms with van der Waals surface area (Å²) in [6, 6.07) is 8.81. The molecule has 1 unspecified atom stereocenters. The first-order valence-corrected chi connectivity index (χ1v) is 3.80. The number of benzene rings is 1. The Morgan fingerprint density at radius 3 is 3.09 bits per heavy atom. The molecule has 1 heterocycles. The van der Waals surface area contributed by atoms with E-state index < -0.39 is 0 Å². The summed E-state index contributed by atoms with van der Waals surface area (Å²) in [4.78, 5) is 4.33. The fraction of sp³-hybridized carbons (Fsp3) is 0.100. The zero-order valence-electron chi connectivity index (χ0n) is 5.99. The fourth-order valence-corrected chi connectivity index (χ4v) is 1.55. The minimum atomic E-state index is 0.421. The van der Waals surface area contributed by atoms with Gasteiger partial charge in [0.2, 0.25) is 0 Å². The van der Waals surface area contributed by atoms with Gasteiger partial charge in [-0.05, 0) is 5.56 Å². The zero-order valence-corrected chi connectivity index (χ0v) is 5.99. The van der Waals surface area contributed by atoms with Crippen molar-refractivity contribution in [2.24, 2.45) is 4.99 Å². The van der Waals surface area contributed by atoms with Gasteiger partial charge in [-0.15, -0.1) is 0 Å². The molecule has 1 aromatic rings. The minimum Gasteiger partial charge on any atom is -0.273 e. The van der Waals surface area contributed by atoms with E-state index in [-0.39, 0.29) is 0 Å². The van der Waals surface area contributed by atoms with Gasteiger partial charge in [0.1, 0.15) is 6.04 Å². The van der Waals surface area contributed by atoms with E-state index in [2.05, 4.69) is 41.4 Å². The van der Waals surface area contributed by atoms with Crippen LogP contribution >= 0.6 is 0 Å². The van der Waals surface area contributed by atoms with Gasteiger partial charge in [0, 0.05) is 5.56 Å². The molecule has 1 aromatic carbocycles. The van der Waals surface area contributed by atoms with E-state index in [9.17, 15) is 0 Å². The third kappa shape index (κ3) is 0.625. The Morgan fingerprint density at radius 1 is 1.18 bits per heavy atom. The molecule has 0 fully saturated rings. The van der Waals surface area contributed by atoms with Gasteiger partial charge < -0.3 is 0 Å². The molecule has 0 radical (unpaired) electrons. The average molecular weight is 141 g/mol. The molecule has 3 rings (SSSR count). The number of fused-ring (bicyclic) bond motifs is 3. The lowest BCUT2D eigenvalue weighted by Gasteiger charge is -2.04. The Kier molecular flexibility index (Phi) is 0.779. The van der Waals surface area contributed by atoms with Gasteiger partial charge in [-0.1, -0.05) is 36.4 Å². The van der Waals surface area contributed by atoms with Crippen LogP contribution in [0.15, 0.2) is 35.3 Å². The van der Waals surface area contributed by atoms with Crippen LogP contribution in [-0.4, -0.2) is 11.8 Å². The van der Waals surface area contributed by atoms with Crippen LogP contribution in [0.1, 0.15) is 11.1 Å². The SMILES string of the molecule is C1=CC2N=C2c2ccccc21. The lowest BCUT2D eigenvalue weighted by Crippen LogP contribution is -2.02. The van der Waals surface area contributed by atoms with E-state index in [0.717, 1.165) is 0 Å². The Hall–Kier alpha value is -1.37. The number of rotatable bonds is 0. The molecule has 2 aliphatic rings. The number of aliphatic imine (C=N–C) groups is 1. The minimum absolute atomic E-state index is 0.421. The molecule has 0 N–H and O–H groups in total. The maximum absolute atomic E-state index is 4.33. The highest BCUT2D eigenvalue weighted by molar-refractivity contribution is 6.18. The number of nitrogens with zero attached hydrogens (tertiary/aromatic N) is 1. The molecule has 1 heteroatoms. The summed E-state index contributed by atoms with van der Waals surface area (Å²) in [6.45, 7) is 0. The summed E-state index contributed by atoms with van der Waals surface area (Å²) < 4.78 is 0. The van der Waals surface area contributed by atoms with E-state index >= 15 is 0 Å². The Bertz CT molecular complexity index is 374. The molecule has 1 aliphatic heterocycles. The van der Waals surface area contributed by atoms with Gasteiger partial charge >= 0.3 is 0 Å². The highest BCUT2D eigenvalue weighted by atomic mass is 15.0. The fourth-order valence-electron chi connectivity index (χ4n) is 1.55. The standard InChI is InChI=1S/C10H7N/c1-2-4-8-7(3-1)5-6-9-10(8)11-9/h1-6,9H. The summed E-state index contributed by atoms with van der Waals surface area (Å²) in [5.41, 5.74) is 3.89. The highest BCUT2D eigenvalue weighted by Gasteiger charge is 2.30. The van der Waals surface area contributed by atoms with Crippen molar-refractivity contribution in [1.29, 1.82) is 0 Å². The maximum atomic E-state index is 4.33. The second-order valence-corrected chi connectivity index (χ2v) is 2.91. The Balaban J connectivity index is 2.31. The van der Waals surface area contributed by atoms with Crippen LogP contribution < -0.4 is 0 Å². The molecule has 1 atom stereocenters. The molecule has 1 aliphatic carbocycles. The quantitative estimate of drug-likeness (QED) is 0.523. The van der Waals surface area contributed by atoms with E-state index in [4.69, 9.17) is 0 Å². The van der Waals surface area contributed by atoms with E-state index in [1.165, 1.54) is 16.8 Å². The topological polar surface area (TPSA) is 12.4 Å². The van der Waals surface area contributed by atoms with Crippen molar-refractivity contribution in [3.63, 3.8) is 0 Å². The second-order valence-electron chi connectivity index (χ2n) is 2.91. The van der Waals surface area contributed by atoms with Crippen LogP contribution in [0, 0.1) is 0 Å². The molecule has 0 amide bonds. The van der Waals surface area contributed by atoms with Gasteiger partial charge in [-0.25, -0.2) is 0 Å². The van der Waals surface area contributed by atoms with Crippen LogP contribution in [0.25, 0.3) is 6.08 Å². The summed E-state index contributed by atoms with van der Waals surface area (Å²) in [5, 5.41) is 0. The van der Waals surface area contributed by atoms with E-state index in [0.29, 0.717) is 6.04 Å². The van der Waals surface area contributed by atoms with E-state index in [1.807, 2.05) is 0 Å². The third-order valence-corrected chi connectivity index (χ3v) is 2.19. The van der Waals surface area contributed by atoms with Gasteiger partial charge in [0.05, 0.1) is 5.71 Å².